The first-order valence-corrected chi connectivity index (χ1v) is 6.16. The summed E-state index contributed by atoms with van der Waals surface area (Å²) < 4.78 is 5.36. The van der Waals surface area contributed by atoms with Gasteiger partial charge in [0.2, 0.25) is 0 Å². The molecular formula is C12H23NO2. The summed E-state index contributed by atoms with van der Waals surface area (Å²) in [4.78, 5) is 13.8. The lowest BCUT2D eigenvalue weighted by atomic mass is 10.0. The van der Waals surface area contributed by atoms with Crippen LogP contribution >= 0.6 is 0 Å². The third kappa shape index (κ3) is 3.40. The van der Waals surface area contributed by atoms with Crippen molar-refractivity contribution in [1.82, 2.24) is 4.90 Å². The van der Waals surface area contributed by atoms with Crippen molar-refractivity contribution in [2.45, 2.75) is 65.0 Å². The Labute approximate surface area is 92.8 Å². The van der Waals surface area contributed by atoms with E-state index in [4.69, 9.17) is 4.74 Å². The van der Waals surface area contributed by atoms with Crippen LogP contribution in [0.5, 0.6) is 0 Å². The molecule has 3 heteroatoms. The van der Waals surface area contributed by atoms with Crippen molar-refractivity contribution >= 4 is 6.09 Å². The van der Waals surface area contributed by atoms with E-state index in [1.165, 1.54) is 6.42 Å². The van der Waals surface area contributed by atoms with E-state index >= 15 is 0 Å². The van der Waals surface area contributed by atoms with Crippen LogP contribution in [0.25, 0.3) is 0 Å². The number of hydrogen-bond donors (Lipinski definition) is 0. The van der Waals surface area contributed by atoms with Gasteiger partial charge in [-0.05, 0) is 39.0 Å². The molecule has 0 N–H and O–H groups in total. The molecule has 1 rings (SSSR count). The van der Waals surface area contributed by atoms with Crippen molar-refractivity contribution < 1.29 is 9.53 Å². The number of hydrogen-bond acceptors (Lipinski definition) is 2. The summed E-state index contributed by atoms with van der Waals surface area (Å²) in [5, 5.41) is 0. The van der Waals surface area contributed by atoms with Gasteiger partial charge in [0.1, 0.15) is 6.10 Å². The summed E-state index contributed by atoms with van der Waals surface area (Å²) in [6, 6.07) is 0.398. The lowest BCUT2D eigenvalue weighted by Crippen LogP contribution is -2.44. The third-order valence-corrected chi connectivity index (χ3v) is 3.21. The molecule has 0 saturated carbocycles. The van der Waals surface area contributed by atoms with Gasteiger partial charge in [0, 0.05) is 12.6 Å². The minimum absolute atomic E-state index is 0.0388. The van der Waals surface area contributed by atoms with Gasteiger partial charge in [-0.2, -0.15) is 0 Å². The molecule has 2 unspecified atom stereocenters. The molecule has 1 fully saturated rings. The number of amides is 1. The summed E-state index contributed by atoms with van der Waals surface area (Å²) >= 11 is 0. The lowest BCUT2D eigenvalue weighted by molar-refractivity contribution is 0.0456. The number of piperidine rings is 1. The maximum absolute atomic E-state index is 11.8. The summed E-state index contributed by atoms with van der Waals surface area (Å²) in [6.07, 6.45) is 5.34. The Morgan fingerprint density at radius 2 is 2.20 bits per heavy atom. The second kappa shape index (κ2) is 5.99. The minimum Gasteiger partial charge on any atom is -0.446 e. The van der Waals surface area contributed by atoms with Gasteiger partial charge in [-0.25, -0.2) is 4.79 Å². The monoisotopic (exact) mass is 213 g/mol. The third-order valence-electron chi connectivity index (χ3n) is 3.21. The fourth-order valence-electron chi connectivity index (χ4n) is 1.99. The van der Waals surface area contributed by atoms with Crippen molar-refractivity contribution in [2.75, 3.05) is 6.54 Å². The number of rotatable bonds is 3. The molecule has 3 nitrogen and oxygen atoms in total. The summed E-state index contributed by atoms with van der Waals surface area (Å²) in [7, 11) is 0. The fourth-order valence-corrected chi connectivity index (χ4v) is 1.99. The first-order chi connectivity index (χ1) is 7.19. The van der Waals surface area contributed by atoms with Crippen molar-refractivity contribution in [3.8, 4) is 0 Å². The van der Waals surface area contributed by atoms with Crippen LogP contribution in [0.3, 0.4) is 0 Å². The second-order valence-electron chi connectivity index (χ2n) is 4.35. The van der Waals surface area contributed by atoms with E-state index in [0.717, 1.165) is 32.2 Å². The zero-order valence-electron chi connectivity index (χ0n) is 10.2. The quantitative estimate of drug-likeness (QED) is 0.720. The summed E-state index contributed by atoms with van der Waals surface area (Å²) in [5.74, 6) is 0. The van der Waals surface area contributed by atoms with Crippen molar-refractivity contribution in [3.63, 3.8) is 0 Å². The number of nitrogens with zero attached hydrogens (tertiary/aromatic N) is 1. The van der Waals surface area contributed by atoms with Crippen molar-refractivity contribution in [2.24, 2.45) is 0 Å². The molecule has 1 saturated heterocycles. The summed E-state index contributed by atoms with van der Waals surface area (Å²) in [6.45, 7) is 6.99. The lowest BCUT2D eigenvalue weighted by Gasteiger charge is -2.35. The molecule has 2 atom stereocenters. The molecular weight excluding hydrogens is 190 g/mol. The maximum atomic E-state index is 11.8. The van der Waals surface area contributed by atoms with E-state index in [1.807, 2.05) is 18.7 Å². The van der Waals surface area contributed by atoms with Crippen LogP contribution in [-0.4, -0.2) is 29.7 Å². The minimum atomic E-state index is -0.115. The Morgan fingerprint density at radius 1 is 1.47 bits per heavy atom. The van der Waals surface area contributed by atoms with Gasteiger partial charge in [-0.15, -0.1) is 0 Å². The molecule has 88 valence electrons. The van der Waals surface area contributed by atoms with Crippen molar-refractivity contribution in [3.05, 3.63) is 0 Å². The zero-order valence-corrected chi connectivity index (χ0v) is 10.2. The molecule has 0 aromatic heterocycles. The highest BCUT2D eigenvalue weighted by atomic mass is 16.6. The van der Waals surface area contributed by atoms with E-state index in [2.05, 4.69) is 6.92 Å². The van der Waals surface area contributed by atoms with E-state index in [0.29, 0.717) is 6.04 Å². The Morgan fingerprint density at radius 3 is 2.80 bits per heavy atom. The highest BCUT2D eigenvalue weighted by molar-refractivity contribution is 5.68. The molecule has 1 aliphatic rings. The molecule has 1 heterocycles. The van der Waals surface area contributed by atoms with Crippen LogP contribution < -0.4 is 0 Å². The van der Waals surface area contributed by atoms with Crippen LogP contribution in [0.1, 0.15) is 52.9 Å². The first kappa shape index (κ1) is 12.3. The molecule has 0 aliphatic carbocycles. The number of carbonyl (C=O) groups is 1. The van der Waals surface area contributed by atoms with E-state index in [9.17, 15) is 4.79 Å². The normalized spacial score (nSPS) is 23.7. The summed E-state index contributed by atoms with van der Waals surface area (Å²) in [5.41, 5.74) is 0. The largest absolute Gasteiger partial charge is 0.446 e. The second-order valence-corrected chi connectivity index (χ2v) is 4.35. The Hall–Kier alpha value is -0.730. The molecule has 15 heavy (non-hydrogen) atoms. The maximum Gasteiger partial charge on any atom is 0.410 e. The first-order valence-electron chi connectivity index (χ1n) is 6.16. The van der Waals surface area contributed by atoms with Gasteiger partial charge in [0.05, 0.1) is 0 Å². The van der Waals surface area contributed by atoms with E-state index in [1.54, 1.807) is 0 Å². The molecule has 0 spiro atoms. The van der Waals surface area contributed by atoms with Crippen LogP contribution in [0.2, 0.25) is 0 Å². The highest BCUT2D eigenvalue weighted by Gasteiger charge is 2.26. The Balaban J connectivity index is 2.48. The molecule has 0 radical (unpaired) electrons. The van der Waals surface area contributed by atoms with E-state index < -0.39 is 0 Å². The smallest absolute Gasteiger partial charge is 0.410 e. The topological polar surface area (TPSA) is 29.5 Å². The van der Waals surface area contributed by atoms with Gasteiger partial charge in [0.15, 0.2) is 0 Å². The standard InChI is InChI=1S/C12H23NO2/c1-4-10(3)15-12(14)13-9-7-6-8-11(13)5-2/h10-11H,4-9H2,1-3H3. The predicted octanol–water partition coefficient (Wildman–Crippen LogP) is 3.19. The van der Waals surface area contributed by atoms with Crippen LogP contribution in [0.4, 0.5) is 4.79 Å². The average Bonchev–Trinajstić information content (AvgIpc) is 2.28. The van der Waals surface area contributed by atoms with Gasteiger partial charge >= 0.3 is 6.09 Å². The number of carbonyl (C=O) groups excluding carboxylic acids is 1. The molecule has 1 amide bonds. The van der Waals surface area contributed by atoms with E-state index in [-0.39, 0.29) is 12.2 Å². The number of ether oxygens (including phenoxy) is 1. The van der Waals surface area contributed by atoms with Gasteiger partial charge in [-0.3, -0.25) is 0 Å². The molecule has 1 aliphatic heterocycles. The van der Waals surface area contributed by atoms with Crippen LogP contribution in [0.15, 0.2) is 0 Å². The van der Waals surface area contributed by atoms with Crippen molar-refractivity contribution in [1.29, 1.82) is 0 Å². The van der Waals surface area contributed by atoms with Crippen LogP contribution in [-0.2, 0) is 4.74 Å². The fraction of sp³-hybridized carbons (Fsp3) is 0.917. The SMILES string of the molecule is CCC(C)OC(=O)N1CCCCC1CC. The predicted molar refractivity (Wildman–Crippen MR) is 60.9 cm³/mol. The molecule has 0 bridgehead atoms. The Bertz CT molecular complexity index is 206. The van der Waals surface area contributed by atoms with Crippen LogP contribution in [0, 0.1) is 0 Å². The highest BCUT2D eigenvalue weighted by Crippen LogP contribution is 2.20. The Kier molecular flexibility index (Phi) is 4.92. The zero-order chi connectivity index (χ0) is 11.3. The molecule has 0 aromatic carbocycles. The number of likely N-dealkylation sites (tertiary alicyclic amines) is 1. The molecule has 0 aromatic rings. The average molecular weight is 213 g/mol. The van der Waals surface area contributed by atoms with Gasteiger partial charge < -0.3 is 9.64 Å². The van der Waals surface area contributed by atoms with Gasteiger partial charge in [-0.1, -0.05) is 13.8 Å². The van der Waals surface area contributed by atoms with Gasteiger partial charge in [0.25, 0.3) is 0 Å².